The van der Waals surface area contributed by atoms with Crippen LogP contribution in [-0.4, -0.2) is 19.0 Å². The lowest BCUT2D eigenvalue weighted by Crippen LogP contribution is -2.03. The molecule has 0 atom stereocenters. The molecular formula is C6H7FO4. The molecular weight excluding hydrogens is 155 g/mol. The first-order chi connectivity index (χ1) is 5.11. The summed E-state index contributed by atoms with van der Waals surface area (Å²) in [5.74, 6) is -1.93. The summed E-state index contributed by atoms with van der Waals surface area (Å²) in [5.41, 5.74) is -0.153. The molecule has 0 aromatic heterocycles. The molecule has 0 unspecified atom stereocenters. The van der Waals surface area contributed by atoms with Crippen LogP contribution in [0.3, 0.4) is 0 Å². The van der Waals surface area contributed by atoms with Crippen LogP contribution in [0.4, 0.5) is 4.53 Å². The van der Waals surface area contributed by atoms with Gasteiger partial charge in [-0.2, -0.15) is 0 Å². The normalized spacial score (nSPS) is 10.6. The average molecular weight is 162 g/mol. The first kappa shape index (κ1) is 9.61. The van der Waals surface area contributed by atoms with Gasteiger partial charge in [-0.05, 0) is 6.92 Å². The SMILES string of the molecule is COC(=O)/C=C(\C)C(=O)OF. The van der Waals surface area contributed by atoms with Crippen molar-refractivity contribution in [1.29, 1.82) is 0 Å². The predicted octanol–water partition coefficient (Wildman–Crippen LogP) is 0.533. The maximum atomic E-state index is 11.1. The van der Waals surface area contributed by atoms with Gasteiger partial charge in [0, 0.05) is 16.2 Å². The van der Waals surface area contributed by atoms with Gasteiger partial charge in [0.1, 0.15) is 0 Å². The fourth-order valence-electron chi connectivity index (χ4n) is 0.355. The van der Waals surface area contributed by atoms with Crippen molar-refractivity contribution in [2.75, 3.05) is 7.11 Å². The number of methoxy groups -OCH3 is 1. The van der Waals surface area contributed by atoms with Crippen LogP contribution in [0, 0.1) is 0 Å². The summed E-state index contributed by atoms with van der Waals surface area (Å²) >= 11 is 0. The summed E-state index contributed by atoms with van der Waals surface area (Å²) in [4.78, 5) is 23.5. The van der Waals surface area contributed by atoms with E-state index in [-0.39, 0.29) is 5.57 Å². The third-order valence-electron chi connectivity index (χ3n) is 0.928. The highest BCUT2D eigenvalue weighted by molar-refractivity contribution is 5.95. The minimum absolute atomic E-state index is 0.153. The predicted molar refractivity (Wildman–Crippen MR) is 33.0 cm³/mol. The topological polar surface area (TPSA) is 52.6 Å². The molecule has 0 rings (SSSR count). The molecule has 5 heteroatoms. The zero-order valence-electron chi connectivity index (χ0n) is 6.09. The Kier molecular flexibility index (Phi) is 3.87. The fraction of sp³-hybridized carbons (Fsp3) is 0.333. The Labute approximate surface area is 62.5 Å². The van der Waals surface area contributed by atoms with E-state index < -0.39 is 11.9 Å². The zero-order valence-corrected chi connectivity index (χ0v) is 6.09. The molecule has 0 fully saturated rings. The zero-order chi connectivity index (χ0) is 8.85. The van der Waals surface area contributed by atoms with E-state index >= 15 is 0 Å². The number of rotatable bonds is 2. The van der Waals surface area contributed by atoms with Crippen LogP contribution in [0.25, 0.3) is 0 Å². The third-order valence-corrected chi connectivity index (χ3v) is 0.928. The summed E-state index contributed by atoms with van der Waals surface area (Å²) < 4.78 is 15.3. The van der Waals surface area contributed by atoms with Crippen molar-refractivity contribution in [2.45, 2.75) is 6.92 Å². The van der Waals surface area contributed by atoms with Gasteiger partial charge in [0.2, 0.25) is 0 Å². The molecule has 0 saturated carbocycles. The lowest BCUT2D eigenvalue weighted by Gasteiger charge is -1.93. The maximum Gasteiger partial charge on any atom is 0.375 e. The molecule has 0 spiro atoms. The van der Waals surface area contributed by atoms with Gasteiger partial charge in [0.15, 0.2) is 0 Å². The van der Waals surface area contributed by atoms with E-state index in [1.807, 2.05) is 0 Å². The molecule has 62 valence electrons. The van der Waals surface area contributed by atoms with Crippen molar-refractivity contribution in [3.63, 3.8) is 0 Å². The van der Waals surface area contributed by atoms with Crippen molar-refractivity contribution >= 4 is 11.9 Å². The van der Waals surface area contributed by atoms with E-state index in [4.69, 9.17) is 0 Å². The molecule has 0 amide bonds. The second-order valence-corrected chi connectivity index (χ2v) is 1.72. The summed E-state index contributed by atoms with van der Waals surface area (Å²) in [6.45, 7) is 1.23. The molecule has 0 radical (unpaired) electrons. The van der Waals surface area contributed by atoms with E-state index in [0.29, 0.717) is 0 Å². The molecule has 0 aromatic carbocycles. The van der Waals surface area contributed by atoms with Gasteiger partial charge in [0.25, 0.3) is 0 Å². The molecule has 0 aliphatic rings. The molecule has 4 nitrogen and oxygen atoms in total. The minimum atomic E-state index is -1.20. The summed E-state index contributed by atoms with van der Waals surface area (Å²) in [6.07, 6.45) is 0.835. The number of ether oxygens (including phenoxy) is 1. The number of carbonyl (C=O) groups excluding carboxylic acids is 2. The lowest BCUT2D eigenvalue weighted by molar-refractivity contribution is -0.178. The highest BCUT2D eigenvalue weighted by Gasteiger charge is 2.07. The van der Waals surface area contributed by atoms with E-state index in [0.717, 1.165) is 13.2 Å². The Morgan fingerprint density at radius 2 is 2.00 bits per heavy atom. The van der Waals surface area contributed by atoms with E-state index in [1.54, 1.807) is 0 Å². The number of hydrogen-bond acceptors (Lipinski definition) is 4. The molecule has 0 aliphatic carbocycles. The highest BCUT2D eigenvalue weighted by atomic mass is 19.3. The van der Waals surface area contributed by atoms with E-state index in [2.05, 4.69) is 9.68 Å². The van der Waals surface area contributed by atoms with Gasteiger partial charge in [0.05, 0.1) is 7.11 Å². The van der Waals surface area contributed by atoms with Gasteiger partial charge in [-0.3, -0.25) is 0 Å². The molecule has 0 N–H and O–H groups in total. The van der Waals surface area contributed by atoms with Gasteiger partial charge in [-0.15, -0.1) is 0 Å². The monoisotopic (exact) mass is 162 g/mol. The average Bonchev–Trinajstić information content (AvgIpc) is 2.02. The second-order valence-electron chi connectivity index (χ2n) is 1.72. The Hall–Kier alpha value is -1.39. The molecule has 0 aromatic rings. The van der Waals surface area contributed by atoms with Crippen molar-refractivity contribution in [3.8, 4) is 0 Å². The number of halogens is 1. The Morgan fingerprint density at radius 3 is 2.36 bits per heavy atom. The van der Waals surface area contributed by atoms with Gasteiger partial charge < -0.3 is 4.74 Å². The number of carbonyl (C=O) groups is 2. The van der Waals surface area contributed by atoms with Gasteiger partial charge in [-0.1, -0.05) is 0 Å². The van der Waals surface area contributed by atoms with Crippen LogP contribution < -0.4 is 0 Å². The third kappa shape index (κ3) is 3.34. The van der Waals surface area contributed by atoms with Crippen LogP contribution >= 0.6 is 0 Å². The number of hydrogen-bond donors (Lipinski definition) is 0. The first-order valence-electron chi connectivity index (χ1n) is 2.71. The second kappa shape index (κ2) is 4.43. The van der Waals surface area contributed by atoms with Crippen LogP contribution in [0.1, 0.15) is 6.92 Å². The smallest absolute Gasteiger partial charge is 0.375 e. The largest absolute Gasteiger partial charge is 0.466 e. The lowest BCUT2D eigenvalue weighted by atomic mass is 10.3. The van der Waals surface area contributed by atoms with Crippen molar-refractivity contribution < 1.29 is 23.8 Å². The summed E-state index contributed by atoms with van der Waals surface area (Å²) in [7, 11) is 1.15. The van der Waals surface area contributed by atoms with Crippen molar-refractivity contribution in [3.05, 3.63) is 11.6 Å². The van der Waals surface area contributed by atoms with Crippen LogP contribution in [0.5, 0.6) is 0 Å². The summed E-state index contributed by atoms with van der Waals surface area (Å²) in [6, 6.07) is 0. The minimum Gasteiger partial charge on any atom is -0.466 e. The van der Waals surface area contributed by atoms with Crippen LogP contribution in [0.2, 0.25) is 0 Å². The molecule has 0 saturated heterocycles. The molecule has 0 aliphatic heterocycles. The fourth-order valence-corrected chi connectivity index (χ4v) is 0.355. The van der Waals surface area contributed by atoms with Crippen LogP contribution in [0.15, 0.2) is 11.6 Å². The first-order valence-corrected chi connectivity index (χ1v) is 2.71. The molecule has 11 heavy (non-hydrogen) atoms. The Bertz CT molecular complexity index is 197. The maximum absolute atomic E-state index is 11.1. The Morgan fingerprint density at radius 1 is 1.45 bits per heavy atom. The van der Waals surface area contributed by atoms with Gasteiger partial charge in [-0.25, -0.2) is 14.5 Å². The number of esters is 1. The van der Waals surface area contributed by atoms with Crippen molar-refractivity contribution in [2.24, 2.45) is 0 Å². The van der Waals surface area contributed by atoms with E-state index in [1.165, 1.54) is 6.92 Å². The van der Waals surface area contributed by atoms with E-state index in [9.17, 15) is 14.1 Å². The standard InChI is InChI=1S/C6H7FO4/c1-4(6(9)11-7)3-5(8)10-2/h3H,1-2H3/b4-3+. The van der Waals surface area contributed by atoms with Crippen molar-refractivity contribution in [1.82, 2.24) is 0 Å². The van der Waals surface area contributed by atoms with Gasteiger partial charge >= 0.3 is 11.9 Å². The molecule has 0 bridgehead atoms. The van der Waals surface area contributed by atoms with Crippen LogP contribution in [-0.2, 0) is 19.3 Å². The quantitative estimate of drug-likeness (QED) is 0.439. The molecule has 0 heterocycles. The highest BCUT2D eigenvalue weighted by Crippen LogP contribution is 1.96. The summed E-state index contributed by atoms with van der Waals surface area (Å²) in [5, 5.41) is 0. The Balaban J connectivity index is 4.21.